The standard InChI is InChI=1S/C6H11NO/c1-6(2)4-3-5-7-8/h5,8H,1,3-4H2,2H3. The van der Waals surface area contributed by atoms with Gasteiger partial charge >= 0.3 is 0 Å². The largest absolute Gasteiger partial charge is 0.411 e. The van der Waals surface area contributed by atoms with Crippen molar-refractivity contribution >= 4 is 6.21 Å². The van der Waals surface area contributed by atoms with Crippen molar-refractivity contribution in [3.8, 4) is 0 Å². The molecule has 0 aliphatic heterocycles. The molecule has 0 aliphatic rings. The van der Waals surface area contributed by atoms with Crippen LogP contribution in [0.3, 0.4) is 0 Å². The van der Waals surface area contributed by atoms with E-state index in [9.17, 15) is 0 Å². The first-order chi connectivity index (χ1) is 3.77. The van der Waals surface area contributed by atoms with Crippen molar-refractivity contribution < 1.29 is 5.21 Å². The SMILES string of the molecule is C=C(C)CCC=NO. The van der Waals surface area contributed by atoms with Crippen molar-refractivity contribution in [2.45, 2.75) is 19.8 Å². The van der Waals surface area contributed by atoms with Crippen LogP contribution in [0.15, 0.2) is 17.3 Å². The predicted octanol–water partition coefficient (Wildman–Crippen LogP) is 1.80. The van der Waals surface area contributed by atoms with E-state index in [2.05, 4.69) is 11.7 Å². The zero-order valence-electron chi connectivity index (χ0n) is 5.09. The highest BCUT2D eigenvalue weighted by atomic mass is 16.4. The topological polar surface area (TPSA) is 32.6 Å². The minimum atomic E-state index is 0.784. The minimum absolute atomic E-state index is 0.784. The Bertz CT molecular complexity index is 96.7. The third-order valence-electron chi connectivity index (χ3n) is 0.782. The van der Waals surface area contributed by atoms with Crippen molar-refractivity contribution in [3.63, 3.8) is 0 Å². The molecule has 46 valence electrons. The highest BCUT2D eigenvalue weighted by molar-refractivity contribution is 5.56. The molecule has 2 heteroatoms. The number of allylic oxidation sites excluding steroid dienone is 1. The van der Waals surface area contributed by atoms with Crippen molar-refractivity contribution in [2.24, 2.45) is 5.16 Å². The Balaban J connectivity index is 3.05. The molecule has 0 atom stereocenters. The number of nitrogens with zero attached hydrogens (tertiary/aromatic N) is 1. The fourth-order valence-corrected chi connectivity index (χ4v) is 0.369. The van der Waals surface area contributed by atoms with E-state index in [0.717, 1.165) is 18.4 Å². The maximum absolute atomic E-state index is 7.92. The molecule has 0 spiro atoms. The molecular formula is C6H11NO. The van der Waals surface area contributed by atoms with Crippen LogP contribution in [0.5, 0.6) is 0 Å². The maximum Gasteiger partial charge on any atom is 0.0439 e. The van der Waals surface area contributed by atoms with E-state index < -0.39 is 0 Å². The quantitative estimate of drug-likeness (QED) is 0.257. The van der Waals surface area contributed by atoms with E-state index in [-0.39, 0.29) is 0 Å². The molecule has 0 unspecified atom stereocenters. The van der Waals surface area contributed by atoms with E-state index >= 15 is 0 Å². The lowest BCUT2D eigenvalue weighted by molar-refractivity contribution is 0.320. The molecule has 0 bridgehead atoms. The van der Waals surface area contributed by atoms with Gasteiger partial charge in [-0.2, -0.15) is 0 Å². The van der Waals surface area contributed by atoms with Crippen LogP contribution < -0.4 is 0 Å². The van der Waals surface area contributed by atoms with Gasteiger partial charge in [0.25, 0.3) is 0 Å². The Kier molecular flexibility index (Phi) is 3.94. The molecule has 0 rings (SSSR count). The van der Waals surface area contributed by atoms with Gasteiger partial charge in [0, 0.05) is 6.21 Å². The van der Waals surface area contributed by atoms with Gasteiger partial charge in [0.2, 0.25) is 0 Å². The summed E-state index contributed by atoms with van der Waals surface area (Å²) in [6.07, 6.45) is 3.16. The minimum Gasteiger partial charge on any atom is -0.411 e. The number of hydrogen-bond donors (Lipinski definition) is 1. The number of oxime groups is 1. The molecule has 0 amide bonds. The summed E-state index contributed by atoms with van der Waals surface area (Å²) in [6.45, 7) is 5.63. The maximum atomic E-state index is 7.92. The van der Waals surface area contributed by atoms with Gasteiger partial charge in [0.1, 0.15) is 0 Å². The molecule has 0 heterocycles. The van der Waals surface area contributed by atoms with Crippen molar-refractivity contribution in [1.82, 2.24) is 0 Å². The summed E-state index contributed by atoms with van der Waals surface area (Å²) >= 11 is 0. The van der Waals surface area contributed by atoms with E-state index in [1.165, 1.54) is 6.21 Å². The first-order valence-electron chi connectivity index (χ1n) is 2.57. The van der Waals surface area contributed by atoms with Gasteiger partial charge in [-0.15, -0.1) is 11.7 Å². The Morgan fingerprint density at radius 3 is 2.88 bits per heavy atom. The summed E-state index contributed by atoms with van der Waals surface area (Å²) < 4.78 is 0. The van der Waals surface area contributed by atoms with Crippen molar-refractivity contribution in [2.75, 3.05) is 0 Å². The average Bonchev–Trinajstić information content (AvgIpc) is 1.66. The molecule has 2 nitrogen and oxygen atoms in total. The second-order valence-corrected chi connectivity index (χ2v) is 1.79. The Morgan fingerprint density at radius 1 is 1.88 bits per heavy atom. The molecule has 0 fully saturated rings. The van der Waals surface area contributed by atoms with Crippen LogP contribution >= 0.6 is 0 Å². The van der Waals surface area contributed by atoms with E-state index in [1.54, 1.807) is 0 Å². The van der Waals surface area contributed by atoms with Crippen molar-refractivity contribution in [1.29, 1.82) is 0 Å². The van der Waals surface area contributed by atoms with Crippen LogP contribution in [-0.4, -0.2) is 11.4 Å². The van der Waals surface area contributed by atoms with Crippen LogP contribution in [0.4, 0.5) is 0 Å². The first-order valence-corrected chi connectivity index (χ1v) is 2.57. The fourth-order valence-electron chi connectivity index (χ4n) is 0.369. The molecule has 0 aromatic rings. The fraction of sp³-hybridized carbons (Fsp3) is 0.500. The molecule has 0 radical (unpaired) electrons. The molecule has 0 saturated carbocycles. The second kappa shape index (κ2) is 4.37. The Hall–Kier alpha value is -0.790. The monoisotopic (exact) mass is 113 g/mol. The zero-order valence-corrected chi connectivity index (χ0v) is 5.09. The summed E-state index contributed by atoms with van der Waals surface area (Å²) in [7, 11) is 0. The van der Waals surface area contributed by atoms with Gasteiger partial charge in [0.15, 0.2) is 0 Å². The summed E-state index contributed by atoms with van der Waals surface area (Å²) in [4.78, 5) is 0. The lowest BCUT2D eigenvalue weighted by atomic mass is 10.2. The predicted molar refractivity (Wildman–Crippen MR) is 34.3 cm³/mol. The third kappa shape index (κ3) is 5.21. The molecule has 8 heavy (non-hydrogen) atoms. The highest BCUT2D eigenvalue weighted by Crippen LogP contribution is 1.96. The highest BCUT2D eigenvalue weighted by Gasteiger charge is 1.81. The van der Waals surface area contributed by atoms with Crippen LogP contribution in [-0.2, 0) is 0 Å². The van der Waals surface area contributed by atoms with Crippen LogP contribution in [0.25, 0.3) is 0 Å². The van der Waals surface area contributed by atoms with E-state index in [4.69, 9.17) is 5.21 Å². The van der Waals surface area contributed by atoms with Crippen LogP contribution in [0.2, 0.25) is 0 Å². The van der Waals surface area contributed by atoms with Gasteiger partial charge in [-0.1, -0.05) is 5.57 Å². The Labute approximate surface area is 49.5 Å². The normalized spacial score (nSPS) is 10.1. The summed E-state index contributed by atoms with van der Waals surface area (Å²) in [5.41, 5.74) is 1.12. The van der Waals surface area contributed by atoms with Gasteiger partial charge in [-0.3, -0.25) is 0 Å². The molecule has 0 saturated heterocycles. The number of rotatable bonds is 3. The smallest absolute Gasteiger partial charge is 0.0439 e. The molecular weight excluding hydrogens is 102 g/mol. The Morgan fingerprint density at radius 2 is 2.50 bits per heavy atom. The van der Waals surface area contributed by atoms with Gasteiger partial charge in [-0.05, 0) is 19.8 Å². The number of hydrogen-bond acceptors (Lipinski definition) is 2. The van der Waals surface area contributed by atoms with Crippen LogP contribution in [0.1, 0.15) is 19.8 Å². The lowest BCUT2D eigenvalue weighted by Crippen LogP contribution is -1.76. The molecule has 1 N–H and O–H groups in total. The zero-order chi connectivity index (χ0) is 6.41. The summed E-state index contributed by atoms with van der Waals surface area (Å²) in [6, 6.07) is 0. The van der Waals surface area contributed by atoms with Gasteiger partial charge in [-0.25, -0.2) is 0 Å². The summed E-state index contributed by atoms with van der Waals surface area (Å²) in [5.74, 6) is 0. The van der Waals surface area contributed by atoms with E-state index in [0.29, 0.717) is 0 Å². The van der Waals surface area contributed by atoms with Crippen LogP contribution in [0, 0.1) is 0 Å². The van der Waals surface area contributed by atoms with Gasteiger partial charge < -0.3 is 5.21 Å². The molecule has 0 aromatic carbocycles. The first kappa shape index (κ1) is 7.21. The second-order valence-electron chi connectivity index (χ2n) is 1.79. The summed E-state index contributed by atoms with van der Waals surface area (Å²) in [5, 5.41) is 10.8. The van der Waals surface area contributed by atoms with Gasteiger partial charge in [0.05, 0.1) is 0 Å². The molecule has 0 aromatic heterocycles. The average molecular weight is 113 g/mol. The lowest BCUT2D eigenvalue weighted by Gasteiger charge is -1.88. The van der Waals surface area contributed by atoms with Crippen molar-refractivity contribution in [3.05, 3.63) is 12.2 Å². The van der Waals surface area contributed by atoms with E-state index in [1.807, 2.05) is 6.92 Å². The molecule has 0 aliphatic carbocycles. The third-order valence-corrected chi connectivity index (χ3v) is 0.782.